The van der Waals surface area contributed by atoms with Crippen LogP contribution in [0.4, 0.5) is 5.69 Å². The van der Waals surface area contributed by atoms with Crippen LogP contribution in [0.25, 0.3) is 0 Å². The maximum atomic E-state index is 11.9. The molecule has 0 aliphatic carbocycles. The fourth-order valence-corrected chi connectivity index (χ4v) is 3.10. The molecule has 1 aromatic carbocycles. The van der Waals surface area contributed by atoms with E-state index in [4.69, 9.17) is 5.73 Å². The molecule has 0 unspecified atom stereocenters. The number of amides is 1. The zero-order valence-electron chi connectivity index (χ0n) is 13.2. The van der Waals surface area contributed by atoms with Crippen LogP contribution < -0.4 is 16.0 Å². The summed E-state index contributed by atoms with van der Waals surface area (Å²) in [6.07, 6.45) is 5.41. The molecular formula is C18H22N4O. The van der Waals surface area contributed by atoms with Gasteiger partial charge in [0.25, 0.3) is 5.91 Å². The predicted octanol–water partition coefficient (Wildman–Crippen LogP) is 1.57. The third-order valence-corrected chi connectivity index (χ3v) is 4.19. The first-order valence-corrected chi connectivity index (χ1v) is 8.02. The van der Waals surface area contributed by atoms with Gasteiger partial charge in [-0.1, -0.05) is 12.1 Å². The third-order valence-electron chi connectivity index (χ3n) is 4.19. The number of para-hydroxylation sites is 1. The van der Waals surface area contributed by atoms with Gasteiger partial charge < -0.3 is 16.0 Å². The minimum atomic E-state index is -0.367. The van der Waals surface area contributed by atoms with Gasteiger partial charge in [-0.05, 0) is 48.7 Å². The predicted molar refractivity (Wildman–Crippen MR) is 91.7 cm³/mol. The number of hydrogen-bond acceptors (Lipinski definition) is 4. The molecule has 1 aliphatic rings. The lowest BCUT2D eigenvalue weighted by Gasteiger charge is -2.27. The number of nitrogens with zero attached hydrogens (tertiary/aromatic N) is 2. The molecule has 1 amide bonds. The molecule has 2 heterocycles. The summed E-state index contributed by atoms with van der Waals surface area (Å²) in [5.74, 6) is -0.367. The highest BCUT2D eigenvalue weighted by molar-refractivity contribution is 5.99. The molecule has 2 aromatic rings. The molecule has 5 heteroatoms. The van der Waals surface area contributed by atoms with E-state index >= 15 is 0 Å². The third kappa shape index (κ3) is 3.68. The minimum absolute atomic E-state index is 0.367. The second kappa shape index (κ2) is 7.24. The average molecular weight is 310 g/mol. The summed E-state index contributed by atoms with van der Waals surface area (Å²) in [4.78, 5) is 18.3. The Bertz CT molecular complexity index is 664. The van der Waals surface area contributed by atoms with Crippen molar-refractivity contribution in [3.05, 3.63) is 59.4 Å². The first-order chi connectivity index (χ1) is 11.3. The number of rotatable bonds is 4. The zero-order valence-corrected chi connectivity index (χ0v) is 13.2. The van der Waals surface area contributed by atoms with Crippen LogP contribution in [-0.4, -0.2) is 37.1 Å². The number of nitrogens with one attached hydrogen (secondary N) is 1. The van der Waals surface area contributed by atoms with Crippen LogP contribution in [0.5, 0.6) is 0 Å². The minimum Gasteiger partial charge on any atom is -0.369 e. The summed E-state index contributed by atoms with van der Waals surface area (Å²) >= 11 is 0. The number of anilines is 1. The number of benzene rings is 1. The molecular weight excluding hydrogens is 288 g/mol. The molecule has 3 rings (SSSR count). The van der Waals surface area contributed by atoms with Crippen molar-refractivity contribution < 1.29 is 4.79 Å². The van der Waals surface area contributed by atoms with Crippen LogP contribution in [0.15, 0.2) is 42.7 Å². The number of nitrogens with two attached hydrogens (primary N) is 1. The van der Waals surface area contributed by atoms with Crippen LogP contribution in [0, 0.1) is 0 Å². The van der Waals surface area contributed by atoms with Gasteiger partial charge in [-0.25, -0.2) is 0 Å². The molecule has 3 N–H and O–H groups in total. The summed E-state index contributed by atoms with van der Waals surface area (Å²) in [6.45, 7) is 3.74. The summed E-state index contributed by atoms with van der Waals surface area (Å²) < 4.78 is 0. The van der Waals surface area contributed by atoms with Gasteiger partial charge in [0, 0.05) is 32.0 Å². The summed E-state index contributed by atoms with van der Waals surface area (Å²) in [5.41, 5.74) is 9.54. The lowest BCUT2D eigenvalue weighted by Crippen LogP contribution is -2.31. The van der Waals surface area contributed by atoms with Gasteiger partial charge in [-0.15, -0.1) is 0 Å². The molecule has 1 fully saturated rings. The molecule has 23 heavy (non-hydrogen) atoms. The Hall–Kier alpha value is -2.40. The number of carbonyl (C=O) groups excluding carboxylic acids is 1. The lowest BCUT2D eigenvalue weighted by atomic mass is 9.99. The summed E-state index contributed by atoms with van der Waals surface area (Å²) in [6, 6.07) is 9.83. The van der Waals surface area contributed by atoms with Crippen molar-refractivity contribution >= 4 is 11.6 Å². The number of hydrogen-bond donors (Lipinski definition) is 2. The highest BCUT2D eigenvalue weighted by Crippen LogP contribution is 2.28. The van der Waals surface area contributed by atoms with Crippen LogP contribution in [0.1, 0.15) is 27.9 Å². The number of carbonyl (C=O) groups is 1. The Morgan fingerprint density at radius 2 is 2.00 bits per heavy atom. The van der Waals surface area contributed by atoms with E-state index in [1.807, 2.05) is 24.3 Å². The van der Waals surface area contributed by atoms with Crippen molar-refractivity contribution in [1.29, 1.82) is 0 Å². The van der Waals surface area contributed by atoms with Gasteiger partial charge in [0.1, 0.15) is 0 Å². The maximum absolute atomic E-state index is 11.9. The van der Waals surface area contributed by atoms with Crippen LogP contribution >= 0.6 is 0 Å². The largest absolute Gasteiger partial charge is 0.369 e. The van der Waals surface area contributed by atoms with Crippen molar-refractivity contribution in [2.75, 3.05) is 31.1 Å². The second-order valence-electron chi connectivity index (χ2n) is 5.80. The number of aromatic nitrogens is 1. The molecule has 0 spiro atoms. The van der Waals surface area contributed by atoms with Crippen molar-refractivity contribution in [2.24, 2.45) is 5.73 Å². The van der Waals surface area contributed by atoms with Crippen LogP contribution in [0.2, 0.25) is 0 Å². The standard InChI is InChI=1S/C18H22N4O/c19-18(23)16-4-1-3-15(13-14-5-8-21-9-6-14)17(16)22-11-2-7-20-10-12-22/h1,3-6,8-9,20H,2,7,10-13H2,(H2,19,23). The van der Waals surface area contributed by atoms with Crippen molar-refractivity contribution in [3.8, 4) is 0 Å². The molecule has 1 aromatic heterocycles. The second-order valence-corrected chi connectivity index (χ2v) is 5.80. The van der Waals surface area contributed by atoms with Gasteiger partial charge in [0.05, 0.1) is 11.3 Å². The summed E-state index contributed by atoms with van der Waals surface area (Å²) in [7, 11) is 0. The fourth-order valence-electron chi connectivity index (χ4n) is 3.10. The van der Waals surface area contributed by atoms with E-state index < -0.39 is 0 Å². The van der Waals surface area contributed by atoms with Gasteiger partial charge in [0.15, 0.2) is 0 Å². The van der Waals surface area contributed by atoms with E-state index in [1.54, 1.807) is 12.4 Å². The molecule has 0 radical (unpaired) electrons. The molecule has 0 bridgehead atoms. The normalized spacial score (nSPS) is 15.2. The first-order valence-electron chi connectivity index (χ1n) is 8.02. The van der Waals surface area contributed by atoms with Crippen molar-refractivity contribution in [2.45, 2.75) is 12.8 Å². The Labute approximate surface area is 136 Å². The Balaban J connectivity index is 2.00. The maximum Gasteiger partial charge on any atom is 0.250 e. The Kier molecular flexibility index (Phi) is 4.88. The smallest absolute Gasteiger partial charge is 0.250 e. The molecule has 1 saturated heterocycles. The van der Waals surface area contributed by atoms with E-state index in [0.29, 0.717) is 5.56 Å². The fraction of sp³-hybridized carbons (Fsp3) is 0.333. The van der Waals surface area contributed by atoms with E-state index in [-0.39, 0.29) is 5.91 Å². The average Bonchev–Trinajstić information content (AvgIpc) is 2.84. The number of pyridine rings is 1. The molecule has 0 atom stereocenters. The van der Waals surface area contributed by atoms with Crippen molar-refractivity contribution in [3.63, 3.8) is 0 Å². The highest BCUT2D eigenvalue weighted by atomic mass is 16.1. The van der Waals surface area contributed by atoms with E-state index in [1.165, 1.54) is 5.56 Å². The van der Waals surface area contributed by atoms with Crippen molar-refractivity contribution in [1.82, 2.24) is 10.3 Å². The van der Waals surface area contributed by atoms with E-state index in [2.05, 4.69) is 21.3 Å². The highest BCUT2D eigenvalue weighted by Gasteiger charge is 2.19. The van der Waals surface area contributed by atoms with Gasteiger partial charge in [-0.3, -0.25) is 9.78 Å². The van der Waals surface area contributed by atoms with E-state index in [9.17, 15) is 4.79 Å². The van der Waals surface area contributed by atoms with Crippen LogP contribution in [0.3, 0.4) is 0 Å². The molecule has 1 aliphatic heterocycles. The zero-order chi connectivity index (χ0) is 16.1. The Morgan fingerprint density at radius 3 is 2.78 bits per heavy atom. The first kappa shape index (κ1) is 15.5. The van der Waals surface area contributed by atoms with Gasteiger partial charge in [0.2, 0.25) is 0 Å². The lowest BCUT2D eigenvalue weighted by molar-refractivity contribution is 0.100. The topological polar surface area (TPSA) is 71.2 Å². The van der Waals surface area contributed by atoms with Gasteiger partial charge >= 0.3 is 0 Å². The molecule has 0 saturated carbocycles. The molecule has 5 nitrogen and oxygen atoms in total. The Morgan fingerprint density at radius 1 is 1.17 bits per heavy atom. The quantitative estimate of drug-likeness (QED) is 0.899. The molecule has 120 valence electrons. The van der Waals surface area contributed by atoms with E-state index in [0.717, 1.165) is 50.3 Å². The van der Waals surface area contributed by atoms with Crippen LogP contribution in [-0.2, 0) is 6.42 Å². The summed E-state index contributed by atoms with van der Waals surface area (Å²) in [5, 5.41) is 3.40. The monoisotopic (exact) mass is 310 g/mol. The van der Waals surface area contributed by atoms with Gasteiger partial charge in [-0.2, -0.15) is 0 Å². The number of primary amides is 1. The SMILES string of the molecule is NC(=O)c1cccc(Cc2ccncc2)c1N1CCCNCC1.